The second-order valence-electron chi connectivity index (χ2n) is 6.79. The number of aromatic nitrogens is 1. The Morgan fingerprint density at radius 3 is 2.62 bits per heavy atom. The Balaban J connectivity index is 1.66. The molecule has 0 radical (unpaired) electrons. The van der Waals surface area contributed by atoms with Crippen LogP contribution in [0.25, 0.3) is 11.1 Å². The Kier molecular flexibility index (Phi) is 5.52. The number of ether oxygens (including phenoxy) is 2. The third kappa shape index (κ3) is 4.38. The lowest BCUT2D eigenvalue weighted by Crippen LogP contribution is -2.31. The minimum atomic E-state index is -0.946. The molecule has 0 bridgehead atoms. The van der Waals surface area contributed by atoms with Gasteiger partial charge in [0.05, 0.1) is 18.4 Å². The SMILES string of the molecule is CC(C)Oc1cc(-c2ccc(C3CC(OCC(=O)O)C3)cc2)c(F)cn1. The average Bonchev–Trinajstić information content (AvgIpc) is 2.55. The number of benzene rings is 1. The Bertz CT molecular complexity index is 770. The van der Waals surface area contributed by atoms with Crippen molar-refractivity contribution in [3.8, 4) is 17.0 Å². The fourth-order valence-corrected chi connectivity index (χ4v) is 3.04. The molecule has 3 rings (SSSR count). The fraction of sp³-hybridized carbons (Fsp3) is 0.400. The van der Waals surface area contributed by atoms with Crippen LogP contribution in [0.4, 0.5) is 4.39 Å². The summed E-state index contributed by atoms with van der Waals surface area (Å²) in [5.41, 5.74) is 2.37. The second-order valence-corrected chi connectivity index (χ2v) is 6.79. The van der Waals surface area contributed by atoms with Crippen molar-refractivity contribution in [1.29, 1.82) is 0 Å². The number of rotatable bonds is 7. The standard InChI is InChI=1S/C20H22FNO4/c1-12(2)26-19-9-17(18(21)10-22-19)14-5-3-13(4-6-14)15-7-16(8-15)25-11-20(23)24/h3-6,9-10,12,15-16H,7-8,11H2,1-2H3,(H,23,24). The van der Waals surface area contributed by atoms with Crippen molar-refractivity contribution < 1.29 is 23.8 Å². The number of carboxylic acid groups (broad SMARTS) is 1. The summed E-state index contributed by atoms with van der Waals surface area (Å²) in [6.07, 6.45) is 2.77. The van der Waals surface area contributed by atoms with Gasteiger partial charge in [0.2, 0.25) is 5.88 Å². The van der Waals surface area contributed by atoms with E-state index in [1.54, 1.807) is 6.07 Å². The van der Waals surface area contributed by atoms with Crippen LogP contribution in [-0.2, 0) is 9.53 Å². The van der Waals surface area contributed by atoms with Gasteiger partial charge in [-0.2, -0.15) is 0 Å². The van der Waals surface area contributed by atoms with Gasteiger partial charge in [-0.1, -0.05) is 24.3 Å². The molecule has 138 valence electrons. The monoisotopic (exact) mass is 359 g/mol. The molecule has 0 saturated heterocycles. The quantitative estimate of drug-likeness (QED) is 0.809. The maximum Gasteiger partial charge on any atom is 0.329 e. The van der Waals surface area contributed by atoms with Gasteiger partial charge in [-0.25, -0.2) is 14.2 Å². The number of halogens is 1. The van der Waals surface area contributed by atoms with Gasteiger partial charge in [0.1, 0.15) is 12.4 Å². The van der Waals surface area contributed by atoms with Crippen molar-refractivity contribution in [2.45, 2.75) is 44.8 Å². The third-order valence-electron chi connectivity index (χ3n) is 4.42. The molecule has 0 atom stereocenters. The highest BCUT2D eigenvalue weighted by atomic mass is 19.1. The normalized spacial score (nSPS) is 19.2. The smallest absolute Gasteiger partial charge is 0.329 e. The molecule has 1 aliphatic rings. The first kappa shape index (κ1) is 18.3. The summed E-state index contributed by atoms with van der Waals surface area (Å²) < 4.78 is 25.0. The van der Waals surface area contributed by atoms with E-state index < -0.39 is 5.97 Å². The van der Waals surface area contributed by atoms with E-state index in [4.69, 9.17) is 14.6 Å². The molecule has 5 nitrogen and oxygen atoms in total. The molecule has 0 aliphatic heterocycles. The third-order valence-corrected chi connectivity index (χ3v) is 4.42. The van der Waals surface area contributed by atoms with Crippen molar-refractivity contribution in [3.63, 3.8) is 0 Å². The van der Waals surface area contributed by atoms with Gasteiger partial charge in [-0.15, -0.1) is 0 Å². The molecule has 1 aliphatic carbocycles. The zero-order valence-electron chi connectivity index (χ0n) is 14.8. The predicted octanol–water partition coefficient (Wildman–Crippen LogP) is 4.02. The van der Waals surface area contributed by atoms with Gasteiger partial charge in [-0.3, -0.25) is 0 Å². The largest absolute Gasteiger partial charge is 0.480 e. The lowest BCUT2D eigenvalue weighted by Gasteiger charge is -2.35. The zero-order valence-corrected chi connectivity index (χ0v) is 14.8. The van der Waals surface area contributed by atoms with E-state index in [0.29, 0.717) is 17.4 Å². The molecule has 2 aromatic rings. The number of carboxylic acids is 1. The highest BCUT2D eigenvalue weighted by Crippen LogP contribution is 2.39. The van der Waals surface area contributed by atoms with Crippen molar-refractivity contribution in [2.75, 3.05) is 6.61 Å². The van der Waals surface area contributed by atoms with Crippen LogP contribution in [0.2, 0.25) is 0 Å². The molecule has 0 unspecified atom stereocenters. The first-order valence-electron chi connectivity index (χ1n) is 8.68. The Hall–Kier alpha value is -2.47. The number of carbonyl (C=O) groups is 1. The lowest BCUT2D eigenvalue weighted by molar-refractivity contribution is -0.146. The van der Waals surface area contributed by atoms with Crippen LogP contribution in [0.3, 0.4) is 0 Å². The number of hydrogen-bond acceptors (Lipinski definition) is 4. The molecule has 1 N–H and O–H groups in total. The maximum atomic E-state index is 14.1. The zero-order chi connectivity index (χ0) is 18.7. The highest BCUT2D eigenvalue weighted by molar-refractivity contribution is 5.68. The lowest BCUT2D eigenvalue weighted by atomic mass is 9.77. The van der Waals surface area contributed by atoms with Gasteiger partial charge in [0, 0.05) is 11.6 Å². The molecule has 6 heteroatoms. The van der Waals surface area contributed by atoms with Crippen molar-refractivity contribution in [3.05, 3.63) is 47.9 Å². The Morgan fingerprint density at radius 1 is 1.31 bits per heavy atom. The summed E-state index contributed by atoms with van der Waals surface area (Å²) in [7, 11) is 0. The van der Waals surface area contributed by atoms with Crippen molar-refractivity contribution in [1.82, 2.24) is 4.98 Å². The maximum absolute atomic E-state index is 14.1. The molecular weight excluding hydrogens is 337 g/mol. The summed E-state index contributed by atoms with van der Waals surface area (Å²) in [4.78, 5) is 14.5. The molecule has 1 fully saturated rings. The molecule has 1 heterocycles. The first-order chi connectivity index (χ1) is 12.4. The van der Waals surface area contributed by atoms with E-state index in [9.17, 15) is 9.18 Å². The molecule has 26 heavy (non-hydrogen) atoms. The summed E-state index contributed by atoms with van der Waals surface area (Å²) >= 11 is 0. The Labute approximate surface area is 151 Å². The highest BCUT2D eigenvalue weighted by Gasteiger charge is 2.31. The van der Waals surface area contributed by atoms with Gasteiger partial charge < -0.3 is 14.6 Å². The Morgan fingerprint density at radius 2 is 2.00 bits per heavy atom. The number of hydrogen-bond donors (Lipinski definition) is 1. The van der Waals surface area contributed by atoms with E-state index in [-0.39, 0.29) is 24.6 Å². The van der Waals surface area contributed by atoms with Crippen molar-refractivity contribution in [2.24, 2.45) is 0 Å². The topological polar surface area (TPSA) is 68.7 Å². The molecular formula is C20H22FNO4. The van der Waals surface area contributed by atoms with Crippen LogP contribution in [0.15, 0.2) is 36.5 Å². The molecule has 0 amide bonds. The first-order valence-corrected chi connectivity index (χ1v) is 8.68. The summed E-state index contributed by atoms with van der Waals surface area (Å²) in [5.74, 6) is -0.583. The molecule has 1 aromatic carbocycles. The van der Waals surface area contributed by atoms with E-state index in [0.717, 1.165) is 24.0 Å². The summed E-state index contributed by atoms with van der Waals surface area (Å²) in [5, 5.41) is 8.62. The second kappa shape index (κ2) is 7.83. The minimum absolute atomic E-state index is 0.00385. The van der Waals surface area contributed by atoms with Crippen LogP contribution in [-0.4, -0.2) is 34.9 Å². The van der Waals surface area contributed by atoms with Gasteiger partial charge in [-0.05, 0) is 43.7 Å². The van der Waals surface area contributed by atoms with E-state index >= 15 is 0 Å². The van der Waals surface area contributed by atoms with Crippen molar-refractivity contribution >= 4 is 5.97 Å². The number of pyridine rings is 1. The van der Waals surface area contributed by atoms with E-state index in [1.165, 1.54) is 6.20 Å². The van der Waals surface area contributed by atoms with Crippen LogP contribution < -0.4 is 4.74 Å². The summed E-state index contributed by atoms with van der Waals surface area (Å²) in [6, 6.07) is 9.35. The van der Waals surface area contributed by atoms with Crippen LogP contribution in [0, 0.1) is 5.82 Å². The van der Waals surface area contributed by atoms with Crippen LogP contribution >= 0.6 is 0 Å². The van der Waals surface area contributed by atoms with Gasteiger partial charge >= 0.3 is 5.97 Å². The number of nitrogens with zero attached hydrogens (tertiary/aromatic N) is 1. The fourth-order valence-electron chi connectivity index (χ4n) is 3.04. The average molecular weight is 359 g/mol. The number of aliphatic carboxylic acids is 1. The molecule has 1 saturated carbocycles. The van der Waals surface area contributed by atoms with E-state index in [2.05, 4.69) is 4.98 Å². The van der Waals surface area contributed by atoms with Gasteiger partial charge in [0.25, 0.3) is 0 Å². The van der Waals surface area contributed by atoms with E-state index in [1.807, 2.05) is 38.1 Å². The minimum Gasteiger partial charge on any atom is -0.480 e. The van der Waals surface area contributed by atoms with Gasteiger partial charge in [0.15, 0.2) is 0 Å². The summed E-state index contributed by atoms with van der Waals surface area (Å²) in [6.45, 7) is 3.54. The molecule has 1 aromatic heterocycles. The molecule has 0 spiro atoms. The van der Waals surface area contributed by atoms with Crippen LogP contribution in [0.5, 0.6) is 5.88 Å². The predicted molar refractivity (Wildman–Crippen MR) is 94.7 cm³/mol. The van der Waals surface area contributed by atoms with Crippen LogP contribution in [0.1, 0.15) is 38.2 Å².